The van der Waals surface area contributed by atoms with Crippen LogP contribution in [0.4, 0.5) is 18.3 Å². The average Bonchev–Trinajstić information content (AvgIpc) is 3.56. The second kappa shape index (κ2) is 12.8. The monoisotopic (exact) mass is 685 g/mol. The maximum atomic E-state index is 13.4. The van der Waals surface area contributed by atoms with Gasteiger partial charge in [0.25, 0.3) is 0 Å². The number of carboxylic acid groups (broad SMARTS) is 1. The third-order valence-corrected chi connectivity index (χ3v) is 9.44. The second-order valence-electron chi connectivity index (χ2n) is 9.00. The first-order valence-corrected chi connectivity index (χ1v) is 16.1. The number of nitrogens with one attached hydrogen (secondary N) is 1. The van der Waals surface area contributed by atoms with E-state index in [1.165, 1.54) is 35.2 Å². The van der Waals surface area contributed by atoms with Crippen LogP contribution in [0, 0.1) is 0 Å². The number of carbonyl (C=O) groups is 1. The Labute approximate surface area is 256 Å². The lowest BCUT2D eigenvalue weighted by atomic mass is 9.98. The lowest BCUT2D eigenvalue weighted by Crippen LogP contribution is -2.29. The number of nitrogens with two attached hydrogens (primary N) is 2. The molecule has 0 aliphatic carbocycles. The summed E-state index contributed by atoms with van der Waals surface area (Å²) in [5.41, 5.74) is 8.04. The Morgan fingerprint density at radius 1 is 1.07 bits per heavy atom. The molecule has 0 unspecified atom stereocenters. The summed E-state index contributed by atoms with van der Waals surface area (Å²) in [6, 6.07) is 11.5. The van der Waals surface area contributed by atoms with Crippen LogP contribution >= 0.6 is 11.3 Å². The third kappa shape index (κ3) is 7.57. The fourth-order valence-electron chi connectivity index (χ4n) is 4.09. The number of thiazole rings is 1. The molecule has 0 amide bonds. The normalized spacial score (nSPS) is 12.1. The van der Waals surface area contributed by atoms with E-state index in [-0.39, 0.29) is 17.9 Å². The minimum atomic E-state index is -5.08. The number of aliphatic carboxylic acids is 1. The lowest BCUT2D eigenvalue weighted by molar-refractivity contribution is -0.192. The van der Waals surface area contributed by atoms with Crippen LogP contribution in [-0.4, -0.2) is 70.8 Å². The number of fused-ring (bicyclic) bond motifs is 1. The first kappa shape index (κ1) is 33.3. The molecule has 45 heavy (non-hydrogen) atoms. The molecular weight excluding hydrogens is 664 g/mol. The van der Waals surface area contributed by atoms with Gasteiger partial charge in [-0.3, -0.25) is 4.98 Å². The molecule has 0 spiro atoms. The number of pyridine rings is 1. The van der Waals surface area contributed by atoms with E-state index in [0.717, 1.165) is 10.3 Å². The Morgan fingerprint density at radius 2 is 1.73 bits per heavy atom. The van der Waals surface area contributed by atoms with Crippen LogP contribution in [0.5, 0.6) is 0 Å². The van der Waals surface area contributed by atoms with Crippen molar-refractivity contribution in [2.45, 2.75) is 22.4 Å². The molecule has 0 saturated carbocycles. The molecule has 15 nitrogen and oxygen atoms in total. The molecule has 0 saturated heterocycles. The van der Waals surface area contributed by atoms with Crippen LogP contribution in [-0.2, 0) is 38.3 Å². The Kier molecular flexibility index (Phi) is 9.48. The van der Waals surface area contributed by atoms with E-state index in [2.05, 4.69) is 30.2 Å². The Balaban J connectivity index is 0.000000591. The topological polar surface area (TPSA) is 239 Å². The van der Waals surface area contributed by atoms with Gasteiger partial charge in [0.05, 0.1) is 15.8 Å². The van der Waals surface area contributed by atoms with E-state index >= 15 is 0 Å². The van der Waals surface area contributed by atoms with Crippen LogP contribution in [0.25, 0.3) is 32.7 Å². The number of nitrogens with zero attached hydrogens (tertiary/aromatic N) is 6. The van der Waals surface area contributed by atoms with Crippen molar-refractivity contribution in [3.05, 3.63) is 60.4 Å². The van der Waals surface area contributed by atoms with E-state index in [1.54, 1.807) is 36.7 Å². The number of benzene rings is 2. The number of halogens is 3. The lowest BCUT2D eigenvalue weighted by Gasteiger charge is -2.18. The number of aryl methyl sites for hydroxylation is 1. The largest absolute Gasteiger partial charge is 0.490 e. The minimum absolute atomic E-state index is 0.00179. The van der Waals surface area contributed by atoms with Gasteiger partial charge >= 0.3 is 12.1 Å². The zero-order valence-corrected chi connectivity index (χ0v) is 25.2. The van der Waals surface area contributed by atoms with Crippen LogP contribution in [0.15, 0.2) is 64.6 Å². The maximum Gasteiger partial charge on any atom is 0.490 e. The zero-order chi connectivity index (χ0) is 33.2. The number of tetrazole rings is 1. The van der Waals surface area contributed by atoms with E-state index in [4.69, 9.17) is 20.8 Å². The molecule has 3 aromatic heterocycles. The van der Waals surface area contributed by atoms with Crippen molar-refractivity contribution in [1.29, 1.82) is 0 Å². The summed E-state index contributed by atoms with van der Waals surface area (Å²) in [6.45, 7) is 0.0103. The van der Waals surface area contributed by atoms with Crippen molar-refractivity contribution in [3.63, 3.8) is 0 Å². The van der Waals surface area contributed by atoms with Gasteiger partial charge in [-0.25, -0.2) is 41.2 Å². The van der Waals surface area contributed by atoms with Gasteiger partial charge < -0.3 is 10.8 Å². The number of alkyl halides is 3. The van der Waals surface area contributed by atoms with Crippen molar-refractivity contribution < 1.29 is 39.9 Å². The number of primary sulfonamides is 1. The van der Waals surface area contributed by atoms with Gasteiger partial charge in [-0.2, -0.15) is 13.2 Å². The highest BCUT2D eigenvalue weighted by molar-refractivity contribution is 7.92. The number of carboxylic acids is 1. The number of aromatic nitrogens is 6. The highest BCUT2D eigenvalue weighted by Gasteiger charge is 2.38. The van der Waals surface area contributed by atoms with Crippen LogP contribution < -0.4 is 15.6 Å². The average molecular weight is 686 g/mol. The Hall–Kier alpha value is -4.57. The number of sulfonamides is 2. The molecule has 5 aromatic rings. The predicted molar refractivity (Wildman–Crippen MR) is 155 cm³/mol. The maximum absolute atomic E-state index is 13.4. The molecule has 2 aromatic carbocycles. The molecule has 0 bridgehead atoms. The molecule has 0 atom stereocenters. The molecule has 3 heterocycles. The van der Waals surface area contributed by atoms with Crippen molar-refractivity contribution in [2.24, 2.45) is 12.2 Å². The summed E-state index contributed by atoms with van der Waals surface area (Å²) in [6.07, 6.45) is -1.53. The van der Waals surface area contributed by atoms with Gasteiger partial charge in [0.1, 0.15) is 9.79 Å². The molecule has 0 aliphatic rings. The Bertz CT molecular complexity index is 2090. The highest BCUT2D eigenvalue weighted by Crippen LogP contribution is 2.42. The highest BCUT2D eigenvalue weighted by atomic mass is 32.2. The third-order valence-electron chi connectivity index (χ3n) is 5.96. The molecular formula is C24H22F3N9O6S3. The van der Waals surface area contributed by atoms with Crippen LogP contribution in [0.1, 0.15) is 5.56 Å². The van der Waals surface area contributed by atoms with Gasteiger partial charge in [-0.1, -0.05) is 29.5 Å². The molecule has 0 aliphatic heterocycles. The van der Waals surface area contributed by atoms with Crippen molar-refractivity contribution in [1.82, 2.24) is 34.9 Å². The van der Waals surface area contributed by atoms with Gasteiger partial charge in [0.2, 0.25) is 20.0 Å². The molecule has 0 radical (unpaired) electrons. The summed E-state index contributed by atoms with van der Waals surface area (Å²) < 4.78 is 89.1. The molecule has 5 rings (SSSR count). The fourth-order valence-corrected chi connectivity index (χ4v) is 7.48. The minimum Gasteiger partial charge on any atom is -0.475 e. The summed E-state index contributed by atoms with van der Waals surface area (Å²) >= 11 is 1.26. The predicted octanol–water partition coefficient (Wildman–Crippen LogP) is 1.93. The number of anilines is 1. The van der Waals surface area contributed by atoms with E-state index in [0.29, 0.717) is 28.2 Å². The van der Waals surface area contributed by atoms with Crippen LogP contribution in [0.2, 0.25) is 0 Å². The SMILES string of the molecule is Cn1nnnc1-c1c(-c2cccc3sc(N)nc23)ccc(S(=O)(=O)NCCc2ccncc2)c1S(N)(=O)=O.O=C(O)C(F)(F)F. The first-order valence-electron chi connectivity index (χ1n) is 12.3. The quantitative estimate of drug-likeness (QED) is 0.183. The van der Waals surface area contributed by atoms with Crippen molar-refractivity contribution >= 4 is 52.7 Å². The number of nitrogen functional groups attached to an aromatic ring is 1. The van der Waals surface area contributed by atoms with E-state index < -0.39 is 42.0 Å². The Morgan fingerprint density at radius 3 is 2.31 bits per heavy atom. The van der Waals surface area contributed by atoms with Crippen molar-refractivity contribution in [2.75, 3.05) is 12.3 Å². The molecule has 6 N–H and O–H groups in total. The number of hydrogen-bond donors (Lipinski definition) is 4. The van der Waals surface area contributed by atoms with E-state index in [1.807, 2.05) is 6.07 Å². The zero-order valence-electron chi connectivity index (χ0n) is 22.8. The smallest absolute Gasteiger partial charge is 0.475 e. The summed E-state index contributed by atoms with van der Waals surface area (Å²) in [7, 11) is -7.47. The summed E-state index contributed by atoms with van der Waals surface area (Å²) in [4.78, 5) is 16.1. The van der Waals surface area contributed by atoms with E-state index in [9.17, 15) is 30.0 Å². The first-order chi connectivity index (χ1) is 21.0. The molecule has 0 fully saturated rings. The second-order valence-corrected chi connectivity index (χ2v) is 13.3. The molecule has 21 heteroatoms. The summed E-state index contributed by atoms with van der Waals surface area (Å²) in [5.74, 6) is -2.76. The van der Waals surface area contributed by atoms with Gasteiger partial charge in [0.15, 0.2) is 11.0 Å². The number of rotatable bonds is 8. The molecule has 238 valence electrons. The standard InChI is InChI=1S/C22H21N9O4S3.C2HF3O2/c1-31-21(28-29-30-31)18-14(15-3-2-4-16-19(15)27-22(23)36-16)5-6-17(20(18)37(24,32)33)38(34,35)26-12-9-13-7-10-25-11-8-13;3-2(4,5)1(6)7/h2-8,10-11,26H,9,12H2,1H3,(H2,23,27)(H2,24,32,33);(H,6,7). The van der Waals surface area contributed by atoms with Crippen molar-refractivity contribution in [3.8, 4) is 22.5 Å². The number of hydrogen-bond acceptors (Lipinski definition) is 12. The van der Waals surface area contributed by atoms with Gasteiger partial charge in [-0.15, -0.1) is 5.10 Å². The number of para-hydroxylation sites is 1. The fraction of sp³-hybridized carbons (Fsp3) is 0.167. The van der Waals surface area contributed by atoms with Gasteiger partial charge in [-0.05, 0) is 52.2 Å². The van der Waals surface area contributed by atoms with Crippen LogP contribution in [0.3, 0.4) is 0 Å². The van der Waals surface area contributed by atoms with Gasteiger partial charge in [0, 0.05) is 31.5 Å². The summed E-state index contributed by atoms with van der Waals surface area (Å²) in [5, 5.41) is 24.5.